The summed E-state index contributed by atoms with van der Waals surface area (Å²) in [6, 6.07) is 43.5. The quantitative estimate of drug-likeness (QED) is 0.191. The third kappa shape index (κ3) is 5.32. The van der Waals surface area contributed by atoms with Crippen LogP contribution in [0.1, 0.15) is 61.4 Å². The molecule has 4 nitrogen and oxygen atoms in total. The molecule has 3 aliphatic carbocycles. The highest BCUT2D eigenvalue weighted by molar-refractivity contribution is 8.12. The number of benzene rings is 5. The number of hydrogen-bond donors (Lipinski definition) is 1. The van der Waals surface area contributed by atoms with Gasteiger partial charge in [0.05, 0.1) is 6.04 Å². The molecule has 0 radical (unpaired) electrons. The molecular weight excluding hydrogens is 701 g/mol. The van der Waals surface area contributed by atoms with Crippen molar-refractivity contribution in [2.24, 2.45) is 5.92 Å². The summed E-state index contributed by atoms with van der Waals surface area (Å²) in [5, 5.41) is 4.02. The van der Waals surface area contributed by atoms with E-state index in [9.17, 15) is 0 Å². The number of fused-ring (bicyclic) bond motifs is 6. The summed E-state index contributed by atoms with van der Waals surface area (Å²) >= 11 is 1.96. The molecule has 1 N–H and O–H groups in total. The van der Waals surface area contributed by atoms with Crippen molar-refractivity contribution in [2.45, 2.75) is 44.6 Å². The normalized spacial score (nSPS) is 19.8. The molecule has 1 aromatic heterocycles. The van der Waals surface area contributed by atoms with E-state index in [1.54, 1.807) is 0 Å². The van der Waals surface area contributed by atoms with Gasteiger partial charge in [0, 0.05) is 44.2 Å². The van der Waals surface area contributed by atoms with Crippen molar-refractivity contribution in [2.75, 3.05) is 5.32 Å². The number of nitrogens with zero attached hydrogens (tertiary/aromatic N) is 3. The summed E-state index contributed by atoms with van der Waals surface area (Å²) < 4.78 is 0. The van der Waals surface area contributed by atoms with Gasteiger partial charge in [0.15, 0.2) is 17.5 Å². The van der Waals surface area contributed by atoms with Crippen molar-refractivity contribution in [1.29, 1.82) is 0 Å². The molecule has 0 saturated heterocycles. The van der Waals surface area contributed by atoms with E-state index in [-0.39, 0.29) is 11.5 Å². The minimum Gasteiger partial charge on any atom is -0.374 e. The number of anilines is 1. The van der Waals surface area contributed by atoms with Crippen molar-refractivity contribution in [1.82, 2.24) is 15.0 Å². The average Bonchev–Trinajstić information content (AvgIpc) is 3.76. The van der Waals surface area contributed by atoms with E-state index < -0.39 is 0 Å². The summed E-state index contributed by atoms with van der Waals surface area (Å²) in [5.74, 6) is 2.41. The van der Waals surface area contributed by atoms with E-state index >= 15 is 0 Å². The van der Waals surface area contributed by atoms with Gasteiger partial charge in [-0.15, -0.1) is 0 Å². The van der Waals surface area contributed by atoms with Gasteiger partial charge in [0.1, 0.15) is 0 Å². The van der Waals surface area contributed by atoms with Crippen LogP contribution in [0.25, 0.3) is 55.8 Å². The lowest BCUT2D eigenvalue weighted by atomic mass is 9.80. The molecule has 0 spiro atoms. The molecule has 11 rings (SSSR count). The van der Waals surface area contributed by atoms with Crippen LogP contribution in [0.2, 0.25) is 0 Å². The van der Waals surface area contributed by atoms with Crippen LogP contribution in [0, 0.1) is 5.92 Å². The highest BCUT2D eigenvalue weighted by Gasteiger charge is 2.41. The van der Waals surface area contributed by atoms with Crippen LogP contribution in [0.15, 0.2) is 168 Å². The Hall–Kier alpha value is -6.04. The molecular formula is C51H40N4S. The summed E-state index contributed by atoms with van der Waals surface area (Å²) in [6.45, 7) is 4.69. The third-order valence-electron chi connectivity index (χ3n) is 12.2. The van der Waals surface area contributed by atoms with E-state index in [0.29, 0.717) is 23.4 Å². The van der Waals surface area contributed by atoms with Crippen LogP contribution in [-0.4, -0.2) is 15.0 Å². The Balaban J connectivity index is 0.997. The van der Waals surface area contributed by atoms with Crippen molar-refractivity contribution < 1.29 is 0 Å². The van der Waals surface area contributed by atoms with Crippen LogP contribution in [0.5, 0.6) is 0 Å². The highest BCUT2D eigenvalue weighted by atomic mass is 32.2. The molecule has 0 fully saturated rings. The standard InChI is InChI=1S/C51H40N4S/c1-51(2)40-21-11-9-18-37(40)39-30-35(28-29-41(39)51)50-54-48(33-16-7-4-8-17-33)53-49(55-50)34-26-24-32(25-27-34)46-45-38-19-10-12-23-43(38)56-47(45)44-36(20-13-22-42(44)52-46)31-14-5-3-6-15-31/h3-8,10-17,20-30,38,46,52H,9,18-19H2,1-2H3. The van der Waals surface area contributed by atoms with Crippen LogP contribution >= 0.6 is 11.8 Å². The second kappa shape index (κ2) is 13.0. The van der Waals surface area contributed by atoms with Gasteiger partial charge in [-0.1, -0.05) is 165 Å². The van der Waals surface area contributed by atoms with Gasteiger partial charge < -0.3 is 5.32 Å². The molecule has 0 bridgehead atoms. The first-order chi connectivity index (χ1) is 27.5. The molecule has 2 unspecified atom stereocenters. The van der Waals surface area contributed by atoms with Gasteiger partial charge in [-0.25, -0.2) is 15.0 Å². The van der Waals surface area contributed by atoms with Gasteiger partial charge >= 0.3 is 0 Å². The number of hydrogen-bond acceptors (Lipinski definition) is 5. The Morgan fingerprint density at radius 2 is 1.38 bits per heavy atom. The van der Waals surface area contributed by atoms with Crippen molar-refractivity contribution in [3.63, 3.8) is 0 Å². The fourth-order valence-electron chi connectivity index (χ4n) is 9.46. The molecule has 2 atom stereocenters. The lowest BCUT2D eigenvalue weighted by Crippen LogP contribution is -2.22. The number of rotatable bonds is 5. The number of aromatic nitrogens is 3. The molecule has 6 aromatic rings. The topological polar surface area (TPSA) is 50.7 Å². The predicted molar refractivity (Wildman–Crippen MR) is 233 cm³/mol. The summed E-state index contributed by atoms with van der Waals surface area (Å²) in [5.41, 5.74) is 16.3. The first-order valence-corrected chi connectivity index (χ1v) is 20.5. The molecule has 2 aliphatic heterocycles. The molecule has 5 heteroatoms. The molecule has 3 heterocycles. The molecule has 270 valence electrons. The van der Waals surface area contributed by atoms with E-state index in [0.717, 1.165) is 36.0 Å². The lowest BCUT2D eigenvalue weighted by molar-refractivity contribution is 0.651. The minimum absolute atomic E-state index is 0.0136. The van der Waals surface area contributed by atoms with Crippen LogP contribution < -0.4 is 5.32 Å². The Labute approximate surface area is 332 Å². The molecule has 0 saturated carbocycles. The summed E-state index contributed by atoms with van der Waals surface area (Å²) in [7, 11) is 0. The maximum atomic E-state index is 5.19. The first kappa shape index (κ1) is 33.3. The number of allylic oxidation sites excluding steroid dienone is 8. The zero-order valence-electron chi connectivity index (χ0n) is 31.5. The van der Waals surface area contributed by atoms with Gasteiger partial charge in [-0.05, 0) is 80.8 Å². The fourth-order valence-corrected chi connectivity index (χ4v) is 10.9. The molecule has 5 aliphatic rings. The number of nitrogens with one attached hydrogen (secondary N) is 1. The monoisotopic (exact) mass is 740 g/mol. The van der Waals surface area contributed by atoms with Crippen molar-refractivity contribution >= 4 is 27.9 Å². The maximum absolute atomic E-state index is 5.19. The maximum Gasteiger partial charge on any atom is 0.164 e. The first-order valence-electron chi connectivity index (χ1n) is 19.7. The highest BCUT2D eigenvalue weighted by Crippen LogP contribution is 2.61. The van der Waals surface area contributed by atoms with Gasteiger partial charge in [0.2, 0.25) is 0 Å². The van der Waals surface area contributed by atoms with E-state index in [1.807, 2.05) is 30.0 Å². The predicted octanol–water partition coefficient (Wildman–Crippen LogP) is 13.0. The second-order valence-corrected chi connectivity index (χ2v) is 16.9. The smallest absolute Gasteiger partial charge is 0.164 e. The minimum atomic E-state index is -0.0136. The van der Waals surface area contributed by atoms with Crippen LogP contribution in [0.3, 0.4) is 0 Å². The summed E-state index contributed by atoms with van der Waals surface area (Å²) in [4.78, 5) is 18.2. The Kier molecular flexibility index (Phi) is 7.75. The van der Waals surface area contributed by atoms with Crippen LogP contribution in [0.4, 0.5) is 5.69 Å². The van der Waals surface area contributed by atoms with Crippen molar-refractivity contribution in [3.05, 3.63) is 190 Å². The zero-order valence-corrected chi connectivity index (χ0v) is 32.3. The van der Waals surface area contributed by atoms with Gasteiger partial charge in [-0.3, -0.25) is 0 Å². The van der Waals surface area contributed by atoms with E-state index in [2.05, 4.69) is 153 Å². The Morgan fingerprint density at radius 3 is 2.14 bits per heavy atom. The van der Waals surface area contributed by atoms with E-state index in [1.165, 1.54) is 65.6 Å². The van der Waals surface area contributed by atoms with Gasteiger partial charge in [-0.2, -0.15) is 0 Å². The lowest BCUT2D eigenvalue weighted by Gasteiger charge is -2.33. The third-order valence-corrected chi connectivity index (χ3v) is 13.5. The van der Waals surface area contributed by atoms with Crippen LogP contribution in [-0.2, 0) is 5.41 Å². The average molecular weight is 741 g/mol. The van der Waals surface area contributed by atoms with Gasteiger partial charge in [0.25, 0.3) is 0 Å². The van der Waals surface area contributed by atoms with E-state index in [4.69, 9.17) is 15.0 Å². The Bertz CT molecular complexity index is 2740. The zero-order chi connectivity index (χ0) is 37.4. The SMILES string of the molecule is CC1(C)C2=C(CCC=C2)c2cc(-c3nc(-c4ccccc4)nc(-c4ccc(C5Nc6cccc(-c7ccccc7)c6C6=C5C5CC=CC=C5S6)cc4)n3)ccc21. The molecule has 0 amide bonds. The largest absolute Gasteiger partial charge is 0.374 e. The molecule has 5 aromatic carbocycles. The fraction of sp³-hybridized carbons (Fsp3) is 0.157. The Morgan fingerprint density at radius 1 is 0.679 bits per heavy atom. The second-order valence-electron chi connectivity index (χ2n) is 15.9. The number of thioether (sulfide) groups is 1. The molecule has 56 heavy (non-hydrogen) atoms. The summed E-state index contributed by atoms with van der Waals surface area (Å²) in [6.07, 6.45) is 14.7. The van der Waals surface area contributed by atoms with Crippen molar-refractivity contribution in [3.8, 4) is 45.3 Å².